The second-order valence-electron chi connectivity index (χ2n) is 5.80. The third kappa shape index (κ3) is 3.42. The molecule has 24 heavy (non-hydrogen) atoms. The molecule has 0 unspecified atom stereocenters. The summed E-state index contributed by atoms with van der Waals surface area (Å²) in [5.41, 5.74) is 0.860. The van der Waals surface area contributed by atoms with Crippen molar-refractivity contribution in [3.8, 4) is 0 Å². The number of hydrogen-bond acceptors (Lipinski definition) is 1. The molecule has 1 aliphatic heterocycles. The number of rotatable bonds is 2. The van der Waals surface area contributed by atoms with Crippen molar-refractivity contribution in [2.45, 2.75) is 25.4 Å². The molecule has 2 aromatic carbocycles. The number of amides is 1. The lowest BCUT2D eigenvalue weighted by Gasteiger charge is -2.30. The molecule has 0 atom stereocenters. The summed E-state index contributed by atoms with van der Waals surface area (Å²) in [4.78, 5) is 14.0. The Morgan fingerprint density at radius 2 is 1.92 bits per heavy atom. The van der Waals surface area contributed by atoms with E-state index in [0.717, 1.165) is 12.1 Å². The number of hydrogen-bond donors (Lipinski definition) is 0. The number of halogens is 4. The third-order valence-electron chi connectivity index (χ3n) is 4.07. The Hall–Kier alpha value is -2.37. The number of benzene rings is 2. The Balaban J connectivity index is 1.85. The summed E-state index contributed by atoms with van der Waals surface area (Å²) in [5, 5.41) is 0. The first-order valence-corrected chi connectivity index (χ1v) is 7.59. The quantitative estimate of drug-likeness (QED) is 0.746. The molecule has 126 valence electrons. The molecule has 6 heteroatoms. The van der Waals surface area contributed by atoms with E-state index >= 15 is 0 Å². The van der Waals surface area contributed by atoms with E-state index < -0.39 is 17.6 Å². The number of anilines is 1. The minimum absolute atomic E-state index is 0.0121. The molecule has 2 nitrogen and oxygen atoms in total. The molecule has 0 bridgehead atoms. The SMILES string of the molecule is O=C(Cc1cccc(F)c1)N1CCCc2cc(C(F)(F)F)ccc21. The molecule has 0 saturated heterocycles. The van der Waals surface area contributed by atoms with Crippen molar-refractivity contribution >= 4 is 11.6 Å². The molecule has 1 heterocycles. The van der Waals surface area contributed by atoms with Gasteiger partial charge in [0, 0.05) is 12.2 Å². The van der Waals surface area contributed by atoms with E-state index in [2.05, 4.69) is 0 Å². The number of aryl methyl sites for hydroxylation is 1. The Bertz CT molecular complexity index is 770. The van der Waals surface area contributed by atoms with Crippen molar-refractivity contribution in [2.75, 3.05) is 11.4 Å². The van der Waals surface area contributed by atoms with Crippen LogP contribution in [0.15, 0.2) is 42.5 Å². The van der Waals surface area contributed by atoms with Gasteiger partial charge in [-0.15, -0.1) is 0 Å². The van der Waals surface area contributed by atoms with Crippen LogP contribution in [0.2, 0.25) is 0 Å². The largest absolute Gasteiger partial charge is 0.416 e. The number of nitrogens with zero attached hydrogens (tertiary/aromatic N) is 1. The van der Waals surface area contributed by atoms with Crippen LogP contribution in [0.1, 0.15) is 23.1 Å². The van der Waals surface area contributed by atoms with Gasteiger partial charge in [-0.3, -0.25) is 4.79 Å². The third-order valence-corrected chi connectivity index (χ3v) is 4.07. The van der Waals surface area contributed by atoms with Gasteiger partial charge in [0.05, 0.1) is 12.0 Å². The minimum atomic E-state index is -4.40. The highest BCUT2D eigenvalue weighted by Gasteiger charge is 2.32. The molecule has 1 aliphatic rings. The summed E-state index contributed by atoms with van der Waals surface area (Å²) in [7, 11) is 0. The summed E-state index contributed by atoms with van der Waals surface area (Å²) in [6.07, 6.45) is -3.28. The average Bonchev–Trinajstić information content (AvgIpc) is 2.53. The van der Waals surface area contributed by atoms with E-state index in [-0.39, 0.29) is 12.3 Å². The Labute approximate surface area is 136 Å². The van der Waals surface area contributed by atoms with Gasteiger partial charge in [-0.05, 0) is 54.3 Å². The first-order valence-electron chi connectivity index (χ1n) is 7.59. The van der Waals surface area contributed by atoms with Crippen LogP contribution in [0.25, 0.3) is 0 Å². The van der Waals surface area contributed by atoms with Gasteiger partial charge in [-0.2, -0.15) is 13.2 Å². The molecule has 0 fully saturated rings. The number of carbonyl (C=O) groups excluding carboxylic acids is 1. The molecular weight excluding hydrogens is 322 g/mol. The lowest BCUT2D eigenvalue weighted by molar-refractivity contribution is -0.137. The van der Waals surface area contributed by atoms with Crippen LogP contribution in [0.5, 0.6) is 0 Å². The van der Waals surface area contributed by atoms with Gasteiger partial charge in [0.2, 0.25) is 5.91 Å². The molecule has 0 aromatic heterocycles. The number of fused-ring (bicyclic) bond motifs is 1. The van der Waals surface area contributed by atoms with E-state index in [1.54, 1.807) is 6.07 Å². The van der Waals surface area contributed by atoms with Crippen molar-refractivity contribution in [1.29, 1.82) is 0 Å². The maximum absolute atomic E-state index is 13.2. The fourth-order valence-electron chi connectivity index (χ4n) is 2.95. The molecule has 0 radical (unpaired) electrons. The maximum Gasteiger partial charge on any atom is 0.416 e. The summed E-state index contributed by atoms with van der Waals surface area (Å²) in [6.45, 7) is 0.451. The predicted octanol–water partition coefficient (Wildman–Crippen LogP) is 4.37. The monoisotopic (exact) mass is 337 g/mol. The number of alkyl halides is 3. The second-order valence-corrected chi connectivity index (χ2v) is 5.80. The summed E-state index contributed by atoms with van der Waals surface area (Å²) in [5.74, 6) is -0.671. The highest BCUT2D eigenvalue weighted by Crippen LogP contribution is 2.35. The van der Waals surface area contributed by atoms with E-state index in [0.29, 0.717) is 36.2 Å². The van der Waals surface area contributed by atoms with Crippen LogP contribution in [0.3, 0.4) is 0 Å². The standard InChI is InChI=1S/C18H15F4NO/c19-15-5-1-3-12(9-15)10-17(24)23-8-2-4-13-11-14(18(20,21)22)6-7-16(13)23/h1,3,5-7,9,11H,2,4,8,10H2. The summed E-state index contributed by atoms with van der Waals surface area (Å²) >= 11 is 0. The van der Waals surface area contributed by atoms with Gasteiger partial charge in [-0.1, -0.05) is 12.1 Å². The smallest absolute Gasteiger partial charge is 0.312 e. The van der Waals surface area contributed by atoms with E-state index in [1.807, 2.05) is 0 Å². The van der Waals surface area contributed by atoms with Crippen LogP contribution in [-0.2, 0) is 23.8 Å². The molecule has 2 aromatic rings. The topological polar surface area (TPSA) is 20.3 Å². The van der Waals surface area contributed by atoms with Gasteiger partial charge >= 0.3 is 6.18 Å². The fourth-order valence-corrected chi connectivity index (χ4v) is 2.95. The van der Waals surface area contributed by atoms with Crippen molar-refractivity contribution in [3.05, 3.63) is 65.0 Å². The van der Waals surface area contributed by atoms with Crippen molar-refractivity contribution < 1.29 is 22.4 Å². The van der Waals surface area contributed by atoms with E-state index in [9.17, 15) is 22.4 Å². The van der Waals surface area contributed by atoms with Crippen LogP contribution in [-0.4, -0.2) is 12.5 Å². The fraction of sp³-hybridized carbons (Fsp3) is 0.278. The minimum Gasteiger partial charge on any atom is -0.312 e. The Kier molecular flexibility index (Phi) is 4.30. The highest BCUT2D eigenvalue weighted by molar-refractivity contribution is 5.96. The first kappa shape index (κ1) is 16.5. The van der Waals surface area contributed by atoms with Gasteiger partial charge in [0.25, 0.3) is 0 Å². The second kappa shape index (κ2) is 6.26. The molecule has 0 N–H and O–H groups in total. The molecule has 0 aliphatic carbocycles. The molecule has 3 rings (SSSR count). The normalized spacial score (nSPS) is 14.4. The zero-order chi connectivity index (χ0) is 17.3. The van der Waals surface area contributed by atoms with E-state index in [1.165, 1.54) is 29.2 Å². The van der Waals surface area contributed by atoms with Crippen LogP contribution in [0, 0.1) is 5.82 Å². The average molecular weight is 337 g/mol. The van der Waals surface area contributed by atoms with Gasteiger partial charge in [0.1, 0.15) is 5.82 Å². The van der Waals surface area contributed by atoms with Gasteiger partial charge in [-0.25, -0.2) is 4.39 Å². The lowest BCUT2D eigenvalue weighted by atomic mass is 9.98. The zero-order valence-corrected chi connectivity index (χ0v) is 12.7. The van der Waals surface area contributed by atoms with Crippen LogP contribution >= 0.6 is 0 Å². The van der Waals surface area contributed by atoms with Crippen molar-refractivity contribution in [2.24, 2.45) is 0 Å². The Morgan fingerprint density at radius 1 is 1.12 bits per heavy atom. The van der Waals surface area contributed by atoms with Gasteiger partial charge < -0.3 is 4.90 Å². The highest BCUT2D eigenvalue weighted by atomic mass is 19.4. The molecular formula is C18H15F4NO. The van der Waals surface area contributed by atoms with Crippen molar-refractivity contribution in [1.82, 2.24) is 0 Å². The first-order chi connectivity index (χ1) is 11.3. The van der Waals surface area contributed by atoms with E-state index in [4.69, 9.17) is 0 Å². The maximum atomic E-state index is 13.2. The number of carbonyl (C=O) groups is 1. The van der Waals surface area contributed by atoms with Crippen LogP contribution < -0.4 is 4.90 Å². The summed E-state index contributed by atoms with van der Waals surface area (Å²) in [6, 6.07) is 9.21. The van der Waals surface area contributed by atoms with Crippen molar-refractivity contribution in [3.63, 3.8) is 0 Å². The van der Waals surface area contributed by atoms with Crippen LogP contribution in [0.4, 0.5) is 23.2 Å². The molecule has 0 saturated carbocycles. The summed E-state index contributed by atoms with van der Waals surface area (Å²) < 4.78 is 51.7. The zero-order valence-electron chi connectivity index (χ0n) is 12.7. The molecule has 0 spiro atoms. The van der Waals surface area contributed by atoms with Gasteiger partial charge in [0.15, 0.2) is 0 Å². The predicted molar refractivity (Wildman–Crippen MR) is 82.2 cm³/mol. The molecule has 1 amide bonds. The lowest BCUT2D eigenvalue weighted by Crippen LogP contribution is -2.36. The Morgan fingerprint density at radius 3 is 2.62 bits per heavy atom.